The predicted octanol–water partition coefficient (Wildman–Crippen LogP) is 3.10. The maximum atomic E-state index is 14.3. The molecule has 1 saturated heterocycles. The van der Waals surface area contributed by atoms with Gasteiger partial charge in [0.2, 0.25) is 10.0 Å². The SMILES string of the molecule is CC(NC(=O)COC(=O)c1ccc(F)c(S(=O)(=O)N2CCCCC2)c1)c1cccs1. The maximum Gasteiger partial charge on any atom is 0.338 e. The van der Waals surface area contributed by atoms with E-state index in [4.69, 9.17) is 4.74 Å². The van der Waals surface area contributed by atoms with Crippen molar-refractivity contribution in [3.63, 3.8) is 0 Å². The zero-order valence-electron chi connectivity index (χ0n) is 16.5. The first kappa shape index (κ1) is 22.4. The second-order valence-corrected chi connectivity index (χ2v) is 9.88. The van der Waals surface area contributed by atoms with Crippen LogP contribution in [0.5, 0.6) is 0 Å². The Hall–Kier alpha value is -2.30. The molecule has 2 heterocycles. The molecule has 1 atom stereocenters. The summed E-state index contributed by atoms with van der Waals surface area (Å²) in [4.78, 5) is 24.7. The van der Waals surface area contributed by atoms with E-state index in [0.29, 0.717) is 25.9 Å². The van der Waals surface area contributed by atoms with Crippen molar-refractivity contribution in [2.45, 2.75) is 37.1 Å². The van der Waals surface area contributed by atoms with E-state index in [1.54, 1.807) is 0 Å². The highest BCUT2D eigenvalue weighted by Crippen LogP contribution is 2.24. The van der Waals surface area contributed by atoms with Gasteiger partial charge in [-0.1, -0.05) is 12.5 Å². The lowest BCUT2D eigenvalue weighted by molar-refractivity contribution is -0.124. The fourth-order valence-electron chi connectivity index (χ4n) is 3.18. The highest BCUT2D eigenvalue weighted by Gasteiger charge is 2.29. The number of amides is 1. The second kappa shape index (κ2) is 9.67. The summed E-state index contributed by atoms with van der Waals surface area (Å²) < 4.78 is 46.0. The smallest absolute Gasteiger partial charge is 0.338 e. The molecule has 10 heteroatoms. The number of halogens is 1. The van der Waals surface area contributed by atoms with E-state index < -0.39 is 39.2 Å². The first-order valence-corrected chi connectivity index (χ1v) is 11.9. The molecule has 3 rings (SSSR count). The van der Waals surface area contributed by atoms with E-state index >= 15 is 0 Å². The Morgan fingerprint density at radius 3 is 2.63 bits per heavy atom. The topological polar surface area (TPSA) is 92.8 Å². The van der Waals surface area contributed by atoms with Gasteiger partial charge in [0.15, 0.2) is 6.61 Å². The lowest BCUT2D eigenvalue weighted by Gasteiger charge is -2.26. The van der Waals surface area contributed by atoms with Crippen molar-refractivity contribution >= 4 is 33.2 Å². The van der Waals surface area contributed by atoms with Crippen LogP contribution in [0.4, 0.5) is 4.39 Å². The number of hydrogen-bond donors (Lipinski definition) is 1. The summed E-state index contributed by atoms with van der Waals surface area (Å²) in [5.74, 6) is -2.32. The largest absolute Gasteiger partial charge is 0.452 e. The van der Waals surface area contributed by atoms with Crippen molar-refractivity contribution in [2.24, 2.45) is 0 Å². The standard InChI is InChI=1S/C20H23FN2O5S2/c1-14(17-6-5-11-29-17)22-19(24)13-28-20(25)15-7-8-16(21)18(12-15)30(26,27)23-9-3-2-4-10-23/h5-8,11-12,14H,2-4,9-10,13H2,1H3,(H,22,24). The molecule has 0 radical (unpaired) electrons. The third kappa shape index (κ3) is 5.24. The summed E-state index contributed by atoms with van der Waals surface area (Å²) in [6, 6.07) is 6.54. The van der Waals surface area contributed by atoms with Crippen molar-refractivity contribution < 1.29 is 27.1 Å². The van der Waals surface area contributed by atoms with Crippen LogP contribution in [0, 0.1) is 5.82 Å². The molecule has 1 aromatic heterocycles. The van der Waals surface area contributed by atoms with E-state index in [9.17, 15) is 22.4 Å². The third-order valence-electron chi connectivity index (χ3n) is 4.78. The number of hydrogen-bond acceptors (Lipinski definition) is 6. The van der Waals surface area contributed by atoms with Gasteiger partial charge < -0.3 is 10.1 Å². The molecular weight excluding hydrogens is 431 g/mol. The molecule has 162 valence electrons. The van der Waals surface area contributed by atoms with Gasteiger partial charge >= 0.3 is 5.97 Å². The average molecular weight is 455 g/mol. The highest BCUT2D eigenvalue weighted by atomic mass is 32.2. The van der Waals surface area contributed by atoms with Gasteiger partial charge in [-0.05, 0) is 49.4 Å². The van der Waals surface area contributed by atoms with Crippen LogP contribution in [0.1, 0.15) is 47.5 Å². The molecule has 0 saturated carbocycles. The lowest BCUT2D eigenvalue weighted by atomic mass is 10.2. The summed E-state index contributed by atoms with van der Waals surface area (Å²) in [5.41, 5.74) is -0.133. The van der Waals surface area contributed by atoms with Crippen molar-refractivity contribution in [2.75, 3.05) is 19.7 Å². The quantitative estimate of drug-likeness (QED) is 0.649. The number of nitrogens with zero attached hydrogens (tertiary/aromatic N) is 1. The Morgan fingerprint density at radius 1 is 1.23 bits per heavy atom. The van der Waals surface area contributed by atoms with Crippen LogP contribution in [-0.4, -0.2) is 44.3 Å². The van der Waals surface area contributed by atoms with E-state index in [0.717, 1.165) is 29.5 Å². The van der Waals surface area contributed by atoms with Crippen LogP contribution < -0.4 is 5.32 Å². The van der Waals surface area contributed by atoms with Crippen LogP contribution in [-0.2, 0) is 19.6 Å². The minimum Gasteiger partial charge on any atom is -0.452 e. The molecule has 1 aliphatic heterocycles. The maximum absolute atomic E-state index is 14.3. The van der Waals surface area contributed by atoms with Gasteiger partial charge in [0.25, 0.3) is 5.91 Å². The Balaban J connectivity index is 1.65. The van der Waals surface area contributed by atoms with Gasteiger partial charge in [-0.15, -0.1) is 11.3 Å². The Kier molecular flexibility index (Phi) is 7.22. The monoisotopic (exact) mass is 454 g/mol. The number of esters is 1. The van der Waals surface area contributed by atoms with Crippen LogP contribution in [0.25, 0.3) is 0 Å². The van der Waals surface area contributed by atoms with Gasteiger partial charge in [-0.25, -0.2) is 17.6 Å². The molecule has 1 aliphatic rings. The summed E-state index contributed by atoms with van der Waals surface area (Å²) in [7, 11) is -4.05. The molecule has 30 heavy (non-hydrogen) atoms. The molecule has 0 aliphatic carbocycles. The lowest BCUT2D eigenvalue weighted by Crippen LogP contribution is -2.36. The summed E-state index contributed by atoms with van der Waals surface area (Å²) in [6.45, 7) is 1.92. The third-order valence-corrected chi connectivity index (χ3v) is 7.75. The second-order valence-electron chi connectivity index (χ2n) is 6.99. The number of benzene rings is 1. The fraction of sp³-hybridized carbons (Fsp3) is 0.400. The van der Waals surface area contributed by atoms with Crippen LogP contribution in [0.2, 0.25) is 0 Å². The van der Waals surface area contributed by atoms with Gasteiger partial charge in [-0.3, -0.25) is 4.79 Å². The Bertz CT molecular complexity index is 1000. The molecular formula is C20H23FN2O5S2. The molecule has 0 spiro atoms. The van der Waals surface area contributed by atoms with Crippen molar-refractivity contribution in [3.8, 4) is 0 Å². The zero-order chi connectivity index (χ0) is 21.7. The molecule has 1 N–H and O–H groups in total. The highest BCUT2D eigenvalue weighted by molar-refractivity contribution is 7.89. The van der Waals surface area contributed by atoms with Gasteiger partial charge in [0, 0.05) is 18.0 Å². The van der Waals surface area contributed by atoms with Gasteiger partial charge in [-0.2, -0.15) is 4.31 Å². The Morgan fingerprint density at radius 2 is 1.97 bits per heavy atom. The first-order valence-electron chi connectivity index (χ1n) is 9.58. The van der Waals surface area contributed by atoms with Crippen molar-refractivity contribution in [1.29, 1.82) is 0 Å². The Labute approximate surface area is 178 Å². The van der Waals surface area contributed by atoms with E-state index in [1.807, 2.05) is 24.4 Å². The van der Waals surface area contributed by atoms with E-state index in [-0.39, 0.29) is 11.6 Å². The summed E-state index contributed by atoms with van der Waals surface area (Å²) >= 11 is 1.49. The number of thiophene rings is 1. The van der Waals surface area contributed by atoms with E-state index in [2.05, 4.69) is 5.32 Å². The number of nitrogens with one attached hydrogen (secondary N) is 1. The average Bonchev–Trinajstić information content (AvgIpc) is 3.28. The molecule has 1 aromatic carbocycles. The van der Waals surface area contributed by atoms with E-state index in [1.165, 1.54) is 15.6 Å². The molecule has 1 amide bonds. The van der Waals surface area contributed by atoms with Crippen molar-refractivity contribution in [3.05, 3.63) is 52.0 Å². The minimum atomic E-state index is -4.05. The van der Waals surface area contributed by atoms with Crippen LogP contribution in [0.3, 0.4) is 0 Å². The van der Waals surface area contributed by atoms with Crippen LogP contribution in [0.15, 0.2) is 40.6 Å². The summed E-state index contributed by atoms with van der Waals surface area (Å²) in [6.07, 6.45) is 2.34. The number of carbonyl (C=O) groups excluding carboxylic acids is 2. The number of carbonyl (C=O) groups is 2. The molecule has 7 nitrogen and oxygen atoms in total. The number of piperidine rings is 1. The zero-order valence-corrected chi connectivity index (χ0v) is 18.1. The fourth-order valence-corrected chi connectivity index (χ4v) is 5.52. The van der Waals surface area contributed by atoms with Gasteiger partial charge in [0.1, 0.15) is 10.7 Å². The molecule has 1 fully saturated rings. The van der Waals surface area contributed by atoms with Gasteiger partial charge in [0.05, 0.1) is 11.6 Å². The van der Waals surface area contributed by atoms with Crippen molar-refractivity contribution in [1.82, 2.24) is 9.62 Å². The molecule has 1 unspecified atom stereocenters. The predicted molar refractivity (Wildman–Crippen MR) is 110 cm³/mol. The molecule has 2 aromatic rings. The number of ether oxygens (including phenoxy) is 1. The summed E-state index contributed by atoms with van der Waals surface area (Å²) in [5, 5.41) is 4.60. The minimum absolute atomic E-state index is 0.133. The molecule has 0 bridgehead atoms. The number of sulfonamides is 1. The normalized spacial score (nSPS) is 16.1. The first-order chi connectivity index (χ1) is 14.3. The number of rotatable bonds is 7. The van der Waals surface area contributed by atoms with Crippen LogP contribution >= 0.6 is 11.3 Å².